The van der Waals surface area contributed by atoms with Gasteiger partial charge in [-0.05, 0) is 37.4 Å². The largest absolute Gasteiger partial charge is 0.312 e. The summed E-state index contributed by atoms with van der Waals surface area (Å²) in [5.41, 5.74) is 2.15. The smallest absolute Gasteiger partial charge is 0.150 e. The van der Waals surface area contributed by atoms with E-state index in [1.807, 2.05) is 25.3 Å². The van der Waals surface area contributed by atoms with Crippen molar-refractivity contribution in [2.24, 2.45) is 5.92 Å². The molecule has 1 aliphatic heterocycles. The van der Waals surface area contributed by atoms with E-state index >= 15 is 0 Å². The molecular weight excluding hydrogens is 236 g/mol. The maximum Gasteiger partial charge on any atom is 0.150 e. The van der Waals surface area contributed by atoms with Crippen molar-refractivity contribution in [2.75, 3.05) is 18.1 Å². The zero-order valence-corrected chi connectivity index (χ0v) is 10.8. The fourth-order valence-corrected chi connectivity index (χ4v) is 3.92. The molecule has 94 valence electrons. The molecule has 0 spiro atoms. The van der Waals surface area contributed by atoms with Crippen LogP contribution in [0.4, 0.5) is 0 Å². The summed E-state index contributed by atoms with van der Waals surface area (Å²) in [6.45, 7) is 3.48. The van der Waals surface area contributed by atoms with Gasteiger partial charge >= 0.3 is 0 Å². The van der Waals surface area contributed by atoms with Crippen molar-refractivity contribution < 1.29 is 8.42 Å². The lowest BCUT2D eigenvalue weighted by atomic mass is 10.1. The zero-order chi connectivity index (χ0) is 12.3. The van der Waals surface area contributed by atoms with Gasteiger partial charge in [0.15, 0.2) is 9.84 Å². The van der Waals surface area contributed by atoms with Gasteiger partial charge in [-0.3, -0.25) is 4.98 Å². The third-order valence-corrected chi connectivity index (χ3v) is 4.90. The maximum absolute atomic E-state index is 11.3. The summed E-state index contributed by atoms with van der Waals surface area (Å²) in [4.78, 5) is 4.22. The quantitative estimate of drug-likeness (QED) is 0.868. The Morgan fingerprint density at radius 2 is 2.29 bits per heavy atom. The van der Waals surface area contributed by atoms with E-state index < -0.39 is 9.84 Å². The van der Waals surface area contributed by atoms with Crippen molar-refractivity contribution in [3.05, 3.63) is 29.6 Å². The second-order valence-electron chi connectivity index (χ2n) is 4.71. The van der Waals surface area contributed by atoms with E-state index in [1.54, 1.807) is 0 Å². The van der Waals surface area contributed by atoms with Crippen LogP contribution in [0.15, 0.2) is 18.3 Å². The number of nitrogens with one attached hydrogen (secondary N) is 1. The average molecular weight is 254 g/mol. The molecule has 0 saturated carbocycles. The molecule has 1 N–H and O–H groups in total. The lowest BCUT2D eigenvalue weighted by Gasteiger charge is -2.09. The molecule has 5 heteroatoms. The molecule has 2 heterocycles. The molecule has 4 nitrogen and oxygen atoms in total. The Morgan fingerprint density at radius 1 is 1.47 bits per heavy atom. The third kappa shape index (κ3) is 3.78. The first kappa shape index (κ1) is 12.5. The van der Waals surface area contributed by atoms with E-state index in [9.17, 15) is 8.42 Å². The molecule has 0 aliphatic carbocycles. The molecular formula is C12H18N2O2S. The summed E-state index contributed by atoms with van der Waals surface area (Å²) < 4.78 is 22.5. The summed E-state index contributed by atoms with van der Waals surface area (Å²) in [5, 5.41) is 3.30. The van der Waals surface area contributed by atoms with E-state index in [1.165, 1.54) is 0 Å². The fourth-order valence-electron chi connectivity index (χ4n) is 2.06. The van der Waals surface area contributed by atoms with E-state index in [2.05, 4.69) is 10.3 Å². The minimum atomic E-state index is -2.75. The van der Waals surface area contributed by atoms with Gasteiger partial charge in [0, 0.05) is 18.4 Å². The lowest BCUT2D eigenvalue weighted by molar-refractivity contribution is 0.520. The Bertz CT molecular complexity index is 468. The van der Waals surface area contributed by atoms with Crippen LogP contribution in [0, 0.1) is 12.8 Å². The highest BCUT2D eigenvalue weighted by atomic mass is 32.2. The number of rotatable bonds is 4. The van der Waals surface area contributed by atoms with Crippen molar-refractivity contribution in [3.8, 4) is 0 Å². The standard InChI is InChI=1S/C12H18N2O2S/c1-10-2-3-11(8-14-10)6-13-7-12-4-5-17(15,16)9-12/h2-3,8,12-13H,4-7,9H2,1H3. The van der Waals surface area contributed by atoms with Crippen LogP contribution in [-0.2, 0) is 16.4 Å². The monoisotopic (exact) mass is 254 g/mol. The van der Waals surface area contributed by atoms with Crippen LogP contribution in [0.25, 0.3) is 0 Å². The van der Waals surface area contributed by atoms with E-state index in [0.717, 1.165) is 30.8 Å². The molecule has 1 aromatic rings. The highest BCUT2D eigenvalue weighted by Gasteiger charge is 2.27. The minimum absolute atomic E-state index is 0.276. The Hall–Kier alpha value is -0.940. The summed E-state index contributed by atoms with van der Waals surface area (Å²) in [5.74, 6) is 0.968. The molecule has 0 aromatic carbocycles. The number of nitrogens with zero attached hydrogens (tertiary/aromatic N) is 1. The molecule has 1 aliphatic rings. The van der Waals surface area contributed by atoms with Gasteiger partial charge in [-0.15, -0.1) is 0 Å². The number of aryl methyl sites for hydroxylation is 1. The number of hydrogen-bond acceptors (Lipinski definition) is 4. The van der Waals surface area contributed by atoms with Gasteiger partial charge in [-0.2, -0.15) is 0 Å². The Kier molecular flexibility index (Phi) is 3.79. The van der Waals surface area contributed by atoms with Crippen molar-refractivity contribution in [1.29, 1.82) is 0 Å². The molecule has 2 rings (SSSR count). The first-order valence-electron chi connectivity index (χ1n) is 5.88. The molecule has 0 bridgehead atoms. The normalized spacial score (nSPS) is 22.8. The lowest BCUT2D eigenvalue weighted by Crippen LogP contribution is -2.23. The van der Waals surface area contributed by atoms with Crippen molar-refractivity contribution in [3.63, 3.8) is 0 Å². The van der Waals surface area contributed by atoms with Gasteiger partial charge in [0.05, 0.1) is 11.5 Å². The van der Waals surface area contributed by atoms with Crippen LogP contribution in [-0.4, -0.2) is 31.5 Å². The van der Waals surface area contributed by atoms with Gasteiger partial charge < -0.3 is 5.32 Å². The van der Waals surface area contributed by atoms with Crippen LogP contribution in [0.2, 0.25) is 0 Å². The number of hydrogen-bond donors (Lipinski definition) is 1. The molecule has 1 aromatic heterocycles. The topological polar surface area (TPSA) is 59.1 Å². The van der Waals surface area contributed by atoms with Gasteiger partial charge in [-0.1, -0.05) is 6.07 Å². The molecule has 1 fully saturated rings. The zero-order valence-electron chi connectivity index (χ0n) is 10.0. The molecule has 17 heavy (non-hydrogen) atoms. The number of pyridine rings is 1. The first-order valence-corrected chi connectivity index (χ1v) is 7.70. The minimum Gasteiger partial charge on any atom is -0.312 e. The number of sulfone groups is 1. The highest BCUT2D eigenvalue weighted by molar-refractivity contribution is 7.91. The Labute approximate surface area is 102 Å². The number of aromatic nitrogens is 1. The van der Waals surface area contributed by atoms with E-state index in [-0.39, 0.29) is 5.92 Å². The molecule has 1 atom stereocenters. The average Bonchev–Trinajstić information content (AvgIpc) is 2.61. The summed E-state index contributed by atoms with van der Waals surface area (Å²) in [6, 6.07) is 4.03. The van der Waals surface area contributed by atoms with Crippen molar-refractivity contribution >= 4 is 9.84 Å². The maximum atomic E-state index is 11.3. The highest BCUT2D eigenvalue weighted by Crippen LogP contribution is 2.17. The summed E-state index contributed by atoms with van der Waals surface area (Å²) >= 11 is 0. The second kappa shape index (κ2) is 5.14. The first-order chi connectivity index (χ1) is 8.05. The molecule has 1 unspecified atom stereocenters. The van der Waals surface area contributed by atoms with E-state index in [4.69, 9.17) is 0 Å². The van der Waals surface area contributed by atoms with Crippen molar-refractivity contribution in [2.45, 2.75) is 19.9 Å². The SMILES string of the molecule is Cc1ccc(CNCC2CCS(=O)(=O)C2)cn1. The molecule has 0 amide bonds. The predicted molar refractivity (Wildman–Crippen MR) is 67.4 cm³/mol. The predicted octanol–water partition coefficient (Wildman–Crippen LogP) is 0.914. The van der Waals surface area contributed by atoms with E-state index in [0.29, 0.717) is 11.5 Å². The van der Waals surface area contributed by atoms with Gasteiger partial charge in [0.1, 0.15) is 0 Å². The second-order valence-corrected chi connectivity index (χ2v) is 6.94. The van der Waals surface area contributed by atoms with Crippen LogP contribution < -0.4 is 5.32 Å². The van der Waals surface area contributed by atoms with Crippen LogP contribution in [0.5, 0.6) is 0 Å². The Morgan fingerprint density at radius 3 is 2.88 bits per heavy atom. The van der Waals surface area contributed by atoms with Gasteiger partial charge in [0.25, 0.3) is 0 Å². The van der Waals surface area contributed by atoms with Gasteiger partial charge in [0.2, 0.25) is 0 Å². The summed E-state index contributed by atoms with van der Waals surface area (Å²) in [6.07, 6.45) is 2.65. The molecule has 1 saturated heterocycles. The third-order valence-electron chi connectivity index (χ3n) is 3.06. The molecule has 0 radical (unpaired) electrons. The summed E-state index contributed by atoms with van der Waals surface area (Å²) in [7, 11) is -2.75. The Balaban J connectivity index is 1.75. The van der Waals surface area contributed by atoms with Crippen molar-refractivity contribution in [1.82, 2.24) is 10.3 Å². The van der Waals surface area contributed by atoms with Gasteiger partial charge in [-0.25, -0.2) is 8.42 Å². The fraction of sp³-hybridized carbons (Fsp3) is 0.583. The van der Waals surface area contributed by atoms with Crippen LogP contribution >= 0.6 is 0 Å². The van der Waals surface area contributed by atoms with Crippen LogP contribution in [0.1, 0.15) is 17.7 Å². The van der Waals surface area contributed by atoms with Crippen LogP contribution in [0.3, 0.4) is 0 Å².